The lowest BCUT2D eigenvalue weighted by atomic mass is 9.72. The topological polar surface area (TPSA) is 50.7 Å². The van der Waals surface area contributed by atoms with Crippen molar-refractivity contribution in [1.29, 1.82) is 0 Å². The summed E-state index contributed by atoms with van der Waals surface area (Å²) in [5.41, 5.74) is 6.12. The highest BCUT2D eigenvalue weighted by molar-refractivity contribution is 5.87. The molecule has 1 amide bonds. The molecule has 0 bridgehead atoms. The van der Waals surface area contributed by atoms with Crippen LogP contribution in [0.5, 0.6) is 5.75 Å². The van der Waals surface area contributed by atoms with Gasteiger partial charge < -0.3 is 4.74 Å². The summed E-state index contributed by atoms with van der Waals surface area (Å²) in [6, 6.07) is 5.97. The number of rotatable bonds is 4. The maximum absolute atomic E-state index is 12.0. The molecule has 126 valence electrons. The minimum absolute atomic E-state index is 0.0139. The van der Waals surface area contributed by atoms with Crippen molar-refractivity contribution in [1.82, 2.24) is 5.43 Å². The standard InChI is InChI=1S/C19H28N2O2/c1-13-6-7-15(3)17(9-13)23-12-18(22)21-20-16-8-14(2)10-19(4,5)11-16/h6-7,9,14H,8,10-12H2,1-5H3,(H,21,22). The molecule has 0 spiro atoms. The van der Waals surface area contributed by atoms with Gasteiger partial charge in [-0.25, -0.2) is 5.43 Å². The molecule has 1 unspecified atom stereocenters. The first-order valence-electron chi connectivity index (χ1n) is 8.29. The van der Waals surface area contributed by atoms with Crippen LogP contribution in [0.25, 0.3) is 0 Å². The van der Waals surface area contributed by atoms with Crippen LogP contribution in [-0.2, 0) is 4.79 Å². The van der Waals surface area contributed by atoms with E-state index in [2.05, 4.69) is 31.3 Å². The fourth-order valence-electron chi connectivity index (χ4n) is 3.38. The number of aryl methyl sites for hydroxylation is 2. The Labute approximate surface area is 139 Å². The second kappa shape index (κ2) is 7.16. The second-order valence-electron chi connectivity index (χ2n) is 7.63. The van der Waals surface area contributed by atoms with Crippen molar-refractivity contribution in [2.45, 2.75) is 53.9 Å². The van der Waals surface area contributed by atoms with Crippen molar-refractivity contribution in [3.63, 3.8) is 0 Å². The zero-order valence-corrected chi connectivity index (χ0v) is 14.9. The Morgan fingerprint density at radius 3 is 2.83 bits per heavy atom. The van der Waals surface area contributed by atoms with E-state index in [0.29, 0.717) is 5.92 Å². The monoisotopic (exact) mass is 316 g/mol. The first kappa shape index (κ1) is 17.5. The van der Waals surface area contributed by atoms with E-state index < -0.39 is 0 Å². The molecule has 1 aliphatic rings. The van der Waals surface area contributed by atoms with Gasteiger partial charge in [0.2, 0.25) is 0 Å². The van der Waals surface area contributed by atoms with Crippen LogP contribution in [0.3, 0.4) is 0 Å². The third kappa shape index (κ3) is 5.38. The summed E-state index contributed by atoms with van der Waals surface area (Å²) in [6.07, 6.45) is 3.10. The van der Waals surface area contributed by atoms with Gasteiger partial charge in [0.05, 0.1) is 0 Å². The quantitative estimate of drug-likeness (QED) is 0.854. The molecule has 1 fully saturated rings. The van der Waals surface area contributed by atoms with Gasteiger partial charge >= 0.3 is 0 Å². The molecule has 4 heteroatoms. The number of hydrazone groups is 1. The van der Waals surface area contributed by atoms with Crippen LogP contribution in [0.2, 0.25) is 0 Å². The Kier molecular flexibility index (Phi) is 5.45. The molecule has 2 rings (SSSR count). The van der Waals surface area contributed by atoms with Gasteiger partial charge in [0.25, 0.3) is 5.91 Å². The van der Waals surface area contributed by atoms with E-state index in [4.69, 9.17) is 4.74 Å². The van der Waals surface area contributed by atoms with Crippen molar-refractivity contribution >= 4 is 11.6 Å². The third-order valence-corrected chi connectivity index (χ3v) is 4.21. The predicted octanol–water partition coefficient (Wildman–Crippen LogP) is 4.00. The Morgan fingerprint density at radius 2 is 2.13 bits per heavy atom. The molecule has 4 nitrogen and oxygen atoms in total. The van der Waals surface area contributed by atoms with Gasteiger partial charge in [0.1, 0.15) is 5.75 Å². The molecule has 0 saturated heterocycles. The summed E-state index contributed by atoms with van der Waals surface area (Å²) < 4.78 is 5.60. The van der Waals surface area contributed by atoms with Gasteiger partial charge in [0, 0.05) is 5.71 Å². The largest absolute Gasteiger partial charge is 0.483 e. The average Bonchev–Trinajstić information content (AvgIpc) is 2.44. The van der Waals surface area contributed by atoms with Crippen LogP contribution in [0.15, 0.2) is 23.3 Å². The van der Waals surface area contributed by atoms with Crippen LogP contribution in [-0.4, -0.2) is 18.2 Å². The summed E-state index contributed by atoms with van der Waals surface area (Å²) in [4.78, 5) is 12.0. The Balaban J connectivity index is 1.87. The van der Waals surface area contributed by atoms with E-state index in [-0.39, 0.29) is 17.9 Å². The molecule has 1 N–H and O–H groups in total. The zero-order chi connectivity index (χ0) is 17.0. The number of carbonyl (C=O) groups is 1. The minimum atomic E-state index is -0.213. The summed E-state index contributed by atoms with van der Waals surface area (Å²) in [7, 11) is 0. The Bertz CT molecular complexity index is 605. The smallest absolute Gasteiger partial charge is 0.277 e. The van der Waals surface area contributed by atoms with Gasteiger partial charge in [-0.15, -0.1) is 0 Å². The van der Waals surface area contributed by atoms with Crippen LogP contribution < -0.4 is 10.2 Å². The third-order valence-electron chi connectivity index (χ3n) is 4.21. The molecular weight excluding hydrogens is 288 g/mol. The van der Waals surface area contributed by atoms with Crippen molar-refractivity contribution in [2.75, 3.05) is 6.61 Å². The van der Waals surface area contributed by atoms with Crippen molar-refractivity contribution < 1.29 is 9.53 Å². The van der Waals surface area contributed by atoms with E-state index in [9.17, 15) is 4.79 Å². The number of ether oxygens (including phenoxy) is 1. The first-order valence-corrected chi connectivity index (χ1v) is 8.29. The maximum Gasteiger partial charge on any atom is 0.277 e. The maximum atomic E-state index is 12.0. The highest BCUT2D eigenvalue weighted by Gasteiger charge is 2.29. The molecule has 1 aliphatic carbocycles. The molecule has 23 heavy (non-hydrogen) atoms. The van der Waals surface area contributed by atoms with E-state index in [1.807, 2.05) is 32.0 Å². The molecule has 0 aromatic heterocycles. The highest BCUT2D eigenvalue weighted by Crippen LogP contribution is 2.36. The van der Waals surface area contributed by atoms with Gasteiger partial charge in [-0.05, 0) is 61.6 Å². The van der Waals surface area contributed by atoms with Crippen LogP contribution in [0.4, 0.5) is 0 Å². The van der Waals surface area contributed by atoms with E-state index in [0.717, 1.165) is 35.4 Å². The van der Waals surface area contributed by atoms with Crippen molar-refractivity contribution in [2.24, 2.45) is 16.4 Å². The first-order chi connectivity index (χ1) is 10.7. The second-order valence-corrected chi connectivity index (χ2v) is 7.63. The van der Waals surface area contributed by atoms with E-state index >= 15 is 0 Å². The van der Waals surface area contributed by atoms with Gasteiger partial charge in [0.15, 0.2) is 6.61 Å². The fraction of sp³-hybridized carbons (Fsp3) is 0.579. The van der Waals surface area contributed by atoms with Gasteiger partial charge in [-0.1, -0.05) is 32.9 Å². The average molecular weight is 316 g/mol. The normalized spacial score (nSPS) is 22.0. The van der Waals surface area contributed by atoms with Gasteiger partial charge in [-0.2, -0.15) is 5.10 Å². The van der Waals surface area contributed by atoms with Crippen molar-refractivity contribution in [3.05, 3.63) is 29.3 Å². The lowest BCUT2D eigenvalue weighted by molar-refractivity contribution is -0.123. The van der Waals surface area contributed by atoms with Crippen LogP contribution in [0, 0.1) is 25.2 Å². The van der Waals surface area contributed by atoms with E-state index in [1.165, 1.54) is 6.42 Å². The molecule has 1 saturated carbocycles. The summed E-state index contributed by atoms with van der Waals surface area (Å²) in [5.74, 6) is 1.15. The van der Waals surface area contributed by atoms with E-state index in [1.54, 1.807) is 0 Å². The minimum Gasteiger partial charge on any atom is -0.483 e. The number of amides is 1. The van der Waals surface area contributed by atoms with Gasteiger partial charge in [-0.3, -0.25) is 4.79 Å². The Hall–Kier alpha value is -1.84. The molecule has 1 atom stereocenters. The Morgan fingerprint density at radius 1 is 1.39 bits per heavy atom. The molecule has 1 aromatic rings. The SMILES string of the molecule is Cc1ccc(C)c(OCC(=O)NN=C2CC(C)CC(C)(C)C2)c1. The summed E-state index contributed by atoms with van der Waals surface area (Å²) >= 11 is 0. The number of hydrogen-bond acceptors (Lipinski definition) is 3. The molecule has 0 aliphatic heterocycles. The lowest BCUT2D eigenvalue weighted by Crippen LogP contribution is -2.31. The molecule has 0 radical (unpaired) electrons. The van der Waals surface area contributed by atoms with Crippen LogP contribution in [0.1, 0.15) is 51.2 Å². The fourth-order valence-corrected chi connectivity index (χ4v) is 3.38. The predicted molar refractivity (Wildman–Crippen MR) is 93.8 cm³/mol. The van der Waals surface area contributed by atoms with Crippen molar-refractivity contribution in [3.8, 4) is 5.75 Å². The number of benzene rings is 1. The number of carbonyl (C=O) groups excluding carboxylic acids is 1. The van der Waals surface area contributed by atoms with Crippen LogP contribution >= 0.6 is 0 Å². The molecule has 1 aromatic carbocycles. The highest BCUT2D eigenvalue weighted by atomic mass is 16.5. The number of nitrogens with one attached hydrogen (secondary N) is 1. The molecular formula is C19H28N2O2. The number of hydrogen-bond donors (Lipinski definition) is 1. The zero-order valence-electron chi connectivity index (χ0n) is 14.9. The molecule has 0 heterocycles. The lowest BCUT2D eigenvalue weighted by Gasteiger charge is -2.34. The number of nitrogens with zero attached hydrogens (tertiary/aromatic N) is 1. The summed E-state index contributed by atoms with van der Waals surface area (Å²) in [5, 5.41) is 4.32. The summed E-state index contributed by atoms with van der Waals surface area (Å²) in [6.45, 7) is 10.7.